The summed E-state index contributed by atoms with van der Waals surface area (Å²) in [7, 11) is 0. The van der Waals surface area contributed by atoms with Crippen LogP contribution in [0, 0.1) is 18.3 Å². The minimum atomic E-state index is -0.373. The van der Waals surface area contributed by atoms with E-state index in [9.17, 15) is 4.79 Å². The third-order valence-corrected chi connectivity index (χ3v) is 7.24. The summed E-state index contributed by atoms with van der Waals surface area (Å²) < 4.78 is 5.31. The minimum Gasteiger partial charge on any atom is -0.467 e. The molecule has 2 aliphatic rings. The number of hydrogen-bond donors (Lipinski definition) is 4. The summed E-state index contributed by atoms with van der Waals surface area (Å²) in [6.07, 6.45) is 1.93. The topological polar surface area (TPSA) is 106 Å². The zero-order valence-electron chi connectivity index (χ0n) is 18.2. The predicted molar refractivity (Wildman–Crippen MR) is 129 cm³/mol. The second-order valence-electron chi connectivity index (χ2n) is 7.92. The van der Waals surface area contributed by atoms with E-state index >= 15 is 0 Å². The number of rotatable bonds is 6. The number of halogens is 1. The molecule has 4 atom stereocenters. The van der Waals surface area contributed by atoms with Crippen LogP contribution in [-0.4, -0.2) is 34.4 Å². The SMILES string of the molecule is CCC(SC1=NC2NNC(C)C2C(=N)N1c1cc(Cl)ccc1C)C(=O)NCc1ccco1. The molecule has 1 aromatic heterocycles. The number of nitrogens with one attached hydrogen (secondary N) is 4. The van der Waals surface area contributed by atoms with E-state index in [1.807, 2.05) is 49.9 Å². The second-order valence-corrected chi connectivity index (χ2v) is 9.53. The number of hydrogen-bond acceptors (Lipinski definition) is 7. The molecule has 0 saturated carbocycles. The zero-order chi connectivity index (χ0) is 22.8. The highest BCUT2D eigenvalue weighted by Gasteiger charge is 2.44. The maximum absolute atomic E-state index is 12.9. The number of carbonyl (C=O) groups is 1. The molecule has 32 heavy (non-hydrogen) atoms. The summed E-state index contributed by atoms with van der Waals surface area (Å²) in [5.41, 5.74) is 8.14. The first-order valence-corrected chi connectivity index (χ1v) is 11.8. The number of anilines is 1. The smallest absolute Gasteiger partial charge is 0.233 e. The van der Waals surface area contributed by atoms with Crippen LogP contribution in [0.15, 0.2) is 46.0 Å². The number of carbonyl (C=O) groups excluding carboxylic acids is 1. The van der Waals surface area contributed by atoms with Crippen LogP contribution in [0.4, 0.5) is 5.69 Å². The van der Waals surface area contributed by atoms with Gasteiger partial charge in [0.1, 0.15) is 17.8 Å². The van der Waals surface area contributed by atoms with E-state index in [-0.39, 0.29) is 29.3 Å². The molecule has 2 aromatic rings. The van der Waals surface area contributed by atoms with Crippen LogP contribution in [0.2, 0.25) is 5.02 Å². The van der Waals surface area contributed by atoms with Crippen LogP contribution >= 0.6 is 23.4 Å². The number of amidine groups is 2. The number of benzene rings is 1. The molecule has 4 N–H and O–H groups in total. The van der Waals surface area contributed by atoms with Crippen molar-refractivity contribution in [3.8, 4) is 0 Å². The van der Waals surface area contributed by atoms with Gasteiger partial charge in [-0.3, -0.25) is 20.5 Å². The predicted octanol–water partition coefficient (Wildman–Crippen LogP) is 3.66. The summed E-state index contributed by atoms with van der Waals surface area (Å²) in [6, 6.07) is 9.27. The van der Waals surface area contributed by atoms with Crippen molar-refractivity contribution in [1.82, 2.24) is 16.2 Å². The summed E-state index contributed by atoms with van der Waals surface area (Å²) in [4.78, 5) is 19.7. The van der Waals surface area contributed by atoms with Crippen LogP contribution in [-0.2, 0) is 11.3 Å². The molecule has 1 saturated heterocycles. The van der Waals surface area contributed by atoms with Crippen LogP contribution in [0.3, 0.4) is 0 Å². The Hall–Kier alpha value is -2.33. The summed E-state index contributed by atoms with van der Waals surface area (Å²) in [5.74, 6) is 0.891. The van der Waals surface area contributed by atoms with Gasteiger partial charge in [0.05, 0.1) is 29.7 Å². The molecule has 1 fully saturated rings. The average molecular weight is 475 g/mol. The van der Waals surface area contributed by atoms with Crippen LogP contribution in [0.5, 0.6) is 0 Å². The van der Waals surface area contributed by atoms with E-state index in [0.29, 0.717) is 34.8 Å². The lowest BCUT2D eigenvalue weighted by Crippen LogP contribution is -2.51. The third kappa shape index (κ3) is 4.56. The summed E-state index contributed by atoms with van der Waals surface area (Å²) in [5, 5.41) is 12.8. The first-order valence-electron chi connectivity index (χ1n) is 10.6. The molecule has 0 radical (unpaired) electrons. The van der Waals surface area contributed by atoms with Gasteiger partial charge in [-0.15, -0.1) is 0 Å². The largest absolute Gasteiger partial charge is 0.467 e. The average Bonchev–Trinajstić information content (AvgIpc) is 3.42. The Balaban J connectivity index is 1.62. The molecule has 170 valence electrons. The molecule has 0 spiro atoms. The van der Waals surface area contributed by atoms with E-state index in [2.05, 4.69) is 16.2 Å². The Morgan fingerprint density at radius 2 is 2.22 bits per heavy atom. The number of hydrazine groups is 1. The zero-order valence-corrected chi connectivity index (χ0v) is 19.8. The van der Waals surface area contributed by atoms with Gasteiger partial charge in [0, 0.05) is 11.1 Å². The van der Waals surface area contributed by atoms with Crippen LogP contribution in [0.1, 0.15) is 31.6 Å². The lowest BCUT2D eigenvalue weighted by atomic mass is 9.96. The number of amides is 1. The molecule has 4 unspecified atom stereocenters. The van der Waals surface area contributed by atoms with Gasteiger partial charge in [0.25, 0.3) is 0 Å². The number of furan rings is 1. The van der Waals surface area contributed by atoms with Crippen LogP contribution in [0.25, 0.3) is 0 Å². The Bertz CT molecular complexity index is 1030. The Labute approximate surface area is 196 Å². The van der Waals surface area contributed by atoms with Gasteiger partial charge in [-0.05, 0) is 50.1 Å². The molecule has 2 aliphatic heterocycles. The molecule has 10 heteroatoms. The number of thioether (sulfide) groups is 1. The van der Waals surface area contributed by atoms with Crippen molar-refractivity contribution in [3.63, 3.8) is 0 Å². The Morgan fingerprint density at radius 3 is 2.94 bits per heavy atom. The molecule has 3 heterocycles. The fraction of sp³-hybridized carbons (Fsp3) is 0.409. The highest BCUT2D eigenvalue weighted by molar-refractivity contribution is 8.15. The fourth-order valence-electron chi connectivity index (χ4n) is 3.89. The maximum Gasteiger partial charge on any atom is 0.233 e. The van der Waals surface area contributed by atoms with Gasteiger partial charge >= 0.3 is 0 Å². The summed E-state index contributed by atoms with van der Waals surface area (Å²) in [6.45, 7) is 6.30. The Kier molecular flexibility index (Phi) is 6.90. The molecular formula is C22H27ClN6O2S. The maximum atomic E-state index is 12.9. The van der Waals surface area contributed by atoms with E-state index in [0.717, 1.165) is 11.3 Å². The van der Waals surface area contributed by atoms with E-state index in [1.54, 1.807) is 12.3 Å². The molecular weight excluding hydrogens is 448 g/mol. The third-order valence-electron chi connectivity index (χ3n) is 5.68. The molecule has 8 nitrogen and oxygen atoms in total. The van der Waals surface area contributed by atoms with Gasteiger partial charge in [-0.1, -0.05) is 36.4 Å². The standard InChI is InChI=1S/C22H27ClN6O2S/c1-4-17(21(30)25-11-15-6-5-9-31-15)32-22-26-20-18(13(3)27-28-20)19(24)29(22)16-10-14(23)8-7-12(16)2/h5-10,13,17-18,20,24,27-28H,4,11H2,1-3H3,(H,25,30). The lowest BCUT2D eigenvalue weighted by molar-refractivity contribution is -0.120. The molecule has 0 aliphatic carbocycles. The quantitative estimate of drug-likeness (QED) is 0.509. The highest BCUT2D eigenvalue weighted by Crippen LogP contribution is 2.36. The number of aryl methyl sites for hydroxylation is 1. The second kappa shape index (κ2) is 9.66. The van der Waals surface area contributed by atoms with E-state index in [1.165, 1.54) is 11.8 Å². The van der Waals surface area contributed by atoms with Gasteiger partial charge < -0.3 is 9.73 Å². The van der Waals surface area contributed by atoms with Gasteiger partial charge in [-0.25, -0.2) is 10.4 Å². The van der Waals surface area contributed by atoms with Crippen molar-refractivity contribution in [2.45, 2.75) is 51.2 Å². The fourth-order valence-corrected chi connectivity index (χ4v) is 5.14. The molecule has 1 aromatic carbocycles. The van der Waals surface area contributed by atoms with Gasteiger partial charge in [0.2, 0.25) is 5.91 Å². The van der Waals surface area contributed by atoms with Crippen molar-refractivity contribution in [2.24, 2.45) is 10.9 Å². The first-order chi connectivity index (χ1) is 15.4. The molecule has 0 bridgehead atoms. The van der Waals surface area contributed by atoms with Crippen molar-refractivity contribution in [2.75, 3.05) is 4.90 Å². The van der Waals surface area contributed by atoms with Crippen LogP contribution < -0.4 is 21.1 Å². The minimum absolute atomic E-state index is 0.0448. The Morgan fingerprint density at radius 1 is 1.41 bits per heavy atom. The van der Waals surface area contributed by atoms with Gasteiger partial charge in [-0.2, -0.15) is 0 Å². The summed E-state index contributed by atoms with van der Waals surface area (Å²) >= 11 is 7.67. The number of nitrogens with zero attached hydrogens (tertiary/aromatic N) is 2. The normalized spacial score (nSPS) is 23.6. The van der Waals surface area contributed by atoms with Crippen molar-refractivity contribution in [3.05, 3.63) is 52.9 Å². The number of fused-ring (bicyclic) bond motifs is 1. The number of aliphatic imine (C=N–C) groups is 1. The monoisotopic (exact) mass is 474 g/mol. The van der Waals surface area contributed by atoms with Crippen molar-refractivity contribution in [1.29, 1.82) is 5.41 Å². The lowest BCUT2D eigenvalue weighted by Gasteiger charge is -2.37. The van der Waals surface area contributed by atoms with E-state index < -0.39 is 0 Å². The molecule has 1 amide bonds. The highest BCUT2D eigenvalue weighted by atomic mass is 35.5. The van der Waals surface area contributed by atoms with Gasteiger partial charge in [0.15, 0.2) is 5.17 Å². The first kappa shape index (κ1) is 22.8. The molecule has 4 rings (SSSR count). The van der Waals surface area contributed by atoms with Crippen molar-refractivity contribution < 1.29 is 9.21 Å². The van der Waals surface area contributed by atoms with E-state index in [4.69, 9.17) is 26.4 Å². The van der Waals surface area contributed by atoms with Crippen molar-refractivity contribution >= 4 is 46.0 Å².